The van der Waals surface area contributed by atoms with Crippen LogP contribution in [0.4, 0.5) is 4.79 Å². The van der Waals surface area contributed by atoms with E-state index in [0.29, 0.717) is 12.3 Å². The summed E-state index contributed by atoms with van der Waals surface area (Å²) in [4.78, 5) is 10.4. The molecule has 1 saturated carbocycles. The summed E-state index contributed by atoms with van der Waals surface area (Å²) in [6, 6.07) is 0. The van der Waals surface area contributed by atoms with Gasteiger partial charge >= 0.3 is 6.16 Å². The molecule has 5 heteroatoms. The Morgan fingerprint density at radius 3 is 2.56 bits per heavy atom. The Labute approximate surface area is 108 Å². The molecular weight excluding hydrogens is 236 g/mol. The number of hydrogen-bond donors (Lipinski definition) is 3. The Bertz CT molecular complexity index is 291. The highest BCUT2D eigenvalue weighted by atomic mass is 16.7. The molecule has 5 nitrogen and oxygen atoms in total. The first-order chi connectivity index (χ1) is 8.27. The van der Waals surface area contributed by atoms with Crippen molar-refractivity contribution in [3.63, 3.8) is 0 Å². The van der Waals surface area contributed by atoms with E-state index in [9.17, 15) is 15.0 Å². The van der Waals surface area contributed by atoms with Gasteiger partial charge in [0.1, 0.15) is 12.7 Å². The van der Waals surface area contributed by atoms with Crippen molar-refractivity contribution in [1.82, 2.24) is 0 Å². The van der Waals surface area contributed by atoms with Gasteiger partial charge in [-0.1, -0.05) is 27.2 Å². The Morgan fingerprint density at radius 1 is 1.44 bits per heavy atom. The van der Waals surface area contributed by atoms with Gasteiger partial charge in [-0.15, -0.1) is 0 Å². The van der Waals surface area contributed by atoms with Gasteiger partial charge in [-0.05, 0) is 30.6 Å². The molecular formula is C13H24O5. The Morgan fingerprint density at radius 2 is 2.06 bits per heavy atom. The first-order valence-corrected chi connectivity index (χ1v) is 6.53. The van der Waals surface area contributed by atoms with E-state index in [2.05, 4.69) is 4.74 Å². The van der Waals surface area contributed by atoms with Crippen LogP contribution in [0.2, 0.25) is 0 Å². The Hall–Kier alpha value is -0.810. The summed E-state index contributed by atoms with van der Waals surface area (Å²) >= 11 is 0. The number of aliphatic hydroxyl groups excluding tert-OH is 1. The van der Waals surface area contributed by atoms with Crippen molar-refractivity contribution in [3.05, 3.63) is 0 Å². The second-order valence-electron chi connectivity index (χ2n) is 5.82. The molecule has 0 bridgehead atoms. The fraction of sp³-hybridized carbons (Fsp3) is 0.923. The van der Waals surface area contributed by atoms with E-state index in [0.717, 1.165) is 12.8 Å². The van der Waals surface area contributed by atoms with Crippen LogP contribution in [0.5, 0.6) is 0 Å². The SMILES string of the molecule is CC1CCC(C(C)C)C(O)(C(O)COC(=O)O)C1. The normalized spacial score (nSPS) is 34.3. The Kier molecular flexibility index (Phi) is 4.99. The molecule has 4 unspecified atom stereocenters. The number of aliphatic hydroxyl groups is 2. The van der Waals surface area contributed by atoms with Crippen LogP contribution in [-0.4, -0.2) is 39.8 Å². The molecule has 106 valence electrons. The maximum Gasteiger partial charge on any atom is 0.505 e. The predicted octanol–water partition coefficient (Wildman–Crippen LogP) is 1.87. The molecule has 0 amide bonds. The Balaban J connectivity index is 2.78. The standard InChI is InChI=1S/C13H24O5/c1-8(2)10-5-4-9(3)6-13(10,17)11(14)7-18-12(15)16/h8-11,14,17H,4-7H2,1-3H3,(H,15,16). The van der Waals surface area contributed by atoms with Gasteiger partial charge in [0.15, 0.2) is 0 Å². The molecule has 0 spiro atoms. The molecule has 0 radical (unpaired) electrons. The highest BCUT2D eigenvalue weighted by Crippen LogP contribution is 2.43. The van der Waals surface area contributed by atoms with E-state index in [1.807, 2.05) is 20.8 Å². The average Bonchev–Trinajstić information content (AvgIpc) is 2.24. The third kappa shape index (κ3) is 3.36. The fourth-order valence-electron chi connectivity index (χ4n) is 3.11. The lowest BCUT2D eigenvalue weighted by molar-refractivity contribution is -0.166. The van der Waals surface area contributed by atoms with Crippen LogP contribution in [0.1, 0.15) is 40.0 Å². The summed E-state index contributed by atoms with van der Waals surface area (Å²) in [5, 5.41) is 29.3. The summed E-state index contributed by atoms with van der Waals surface area (Å²) in [7, 11) is 0. The number of carboxylic acid groups (broad SMARTS) is 1. The van der Waals surface area contributed by atoms with Crippen molar-refractivity contribution in [2.45, 2.75) is 51.7 Å². The van der Waals surface area contributed by atoms with Crippen molar-refractivity contribution in [3.8, 4) is 0 Å². The fourth-order valence-corrected chi connectivity index (χ4v) is 3.11. The number of ether oxygens (including phenoxy) is 1. The lowest BCUT2D eigenvalue weighted by Crippen LogP contribution is -2.55. The van der Waals surface area contributed by atoms with Crippen LogP contribution >= 0.6 is 0 Å². The summed E-state index contributed by atoms with van der Waals surface area (Å²) in [5.74, 6) is 0.535. The highest BCUT2D eigenvalue weighted by Gasteiger charge is 2.48. The third-order valence-electron chi connectivity index (χ3n) is 4.03. The minimum Gasteiger partial charge on any atom is -0.450 e. The average molecular weight is 260 g/mol. The van der Waals surface area contributed by atoms with E-state index >= 15 is 0 Å². The minimum absolute atomic E-state index is 0.0268. The van der Waals surface area contributed by atoms with Crippen LogP contribution in [0.15, 0.2) is 0 Å². The maximum absolute atomic E-state index is 10.7. The van der Waals surface area contributed by atoms with Crippen molar-refractivity contribution < 1.29 is 24.9 Å². The second-order valence-corrected chi connectivity index (χ2v) is 5.82. The van der Waals surface area contributed by atoms with E-state index in [1.165, 1.54) is 0 Å². The van der Waals surface area contributed by atoms with Crippen molar-refractivity contribution in [2.24, 2.45) is 17.8 Å². The van der Waals surface area contributed by atoms with Crippen LogP contribution in [0, 0.1) is 17.8 Å². The van der Waals surface area contributed by atoms with Crippen LogP contribution < -0.4 is 0 Å². The first kappa shape index (κ1) is 15.2. The zero-order valence-corrected chi connectivity index (χ0v) is 11.3. The van der Waals surface area contributed by atoms with Crippen molar-refractivity contribution in [1.29, 1.82) is 0 Å². The van der Waals surface area contributed by atoms with Gasteiger partial charge in [-0.2, -0.15) is 0 Å². The molecule has 0 aromatic carbocycles. The zero-order valence-electron chi connectivity index (χ0n) is 11.3. The van der Waals surface area contributed by atoms with Crippen molar-refractivity contribution >= 4 is 6.16 Å². The highest BCUT2D eigenvalue weighted by molar-refractivity contribution is 5.56. The molecule has 0 aromatic heterocycles. The zero-order chi connectivity index (χ0) is 13.9. The molecule has 4 atom stereocenters. The molecule has 18 heavy (non-hydrogen) atoms. The lowest BCUT2D eigenvalue weighted by atomic mass is 9.65. The molecule has 1 rings (SSSR count). The molecule has 1 fully saturated rings. The number of carbonyl (C=O) groups is 1. The van der Waals surface area contributed by atoms with Gasteiger partial charge in [0.25, 0.3) is 0 Å². The van der Waals surface area contributed by atoms with E-state index < -0.39 is 17.9 Å². The third-order valence-corrected chi connectivity index (χ3v) is 4.03. The topological polar surface area (TPSA) is 87.0 Å². The van der Waals surface area contributed by atoms with E-state index in [1.54, 1.807) is 0 Å². The minimum atomic E-state index is -1.43. The monoisotopic (exact) mass is 260 g/mol. The van der Waals surface area contributed by atoms with Gasteiger partial charge in [-0.25, -0.2) is 4.79 Å². The van der Waals surface area contributed by atoms with Crippen LogP contribution in [0.25, 0.3) is 0 Å². The van der Waals surface area contributed by atoms with Gasteiger partial charge in [-0.3, -0.25) is 0 Å². The molecule has 1 aliphatic carbocycles. The van der Waals surface area contributed by atoms with Gasteiger partial charge < -0.3 is 20.1 Å². The maximum atomic E-state index is 10.7. The summed E-state index contributed by atoms with van der Waals surface area (Å²) in [5.41, 5.74) is -1.25. The molecule has 0 saturated heterocycles. The van der Waals surface area contributed by atoms with Crippen LogP contribution in [0.3, 0.4) is 0 Å². The van der Waals surface area contributed by atoms with Gasteiger partial charge in [0.2, 0.25) is 0 Å². The second kappa shape index (κ2) is 5.89. The molecule has 1 aliphatic rings. The van der Waals surface area contributed by atoms with Crippen LogP contribution in [-0.2, 0) is 4.74 Å². The summed E-state index contributed by atoms with van der Waals surface area (Å²) in [6.45, 7) is 5.68. The quantitative estimate of drug-likeness (QED) is 0.672. The lowest BCUT2D eigenvalue weighted by Gasteiger charge is -2.47. The molecule has 3 N–H and O–H groups in total. The van der Waals surface area contributed by atoms with E-state index in [-0.39, 0.29) is 18.4 Å². The van der Waals surface area contributed by atoms with Gasteiger partial charge in [0.05, 0.1) is 5.60 Å². The largest absolute Gasteiger partial charge is 0.505 e. The smallest absolute Gasteiger partial charge is 0.450 e. The molecule has 0 aromatic rings. The number of rotatable bonds is 4. The number of hydrogen-bond acceptors (Lipinski definition) is 4. The van der Waals surface area contributed by atoms with Gasteiger partial charge in [0, 0.05) is 0 Å². The summed E-state index contributed by atoms with van der Waals surface area (Å²) in [6.07, 6.45) is -0.233. The first-order valence-electron chi connectivity index (χ1n) is 6.53. The van der Waals surface area contributed by atoms with E-state index in [4.69, 9.17) is 5.11 Å². The summed E-state index contributed by atoms with van der Waals surface area (Å²) < 4.78 is 4.39. The predicted molar refractivity (Wildman–Crippen MR) is 66.3 cm³/mol. The van der Waals surface area contributed by atoms with Crippen molar-refractivity contribution in [2.75, 3.05) is 6.61 Å². The molecule has 0 heterocycles. The molecule has 0 aliphatic heterocycles.